The molecule has 2 saturated heterocycles. The molecule has 4 rings (SSSR count). The Kier molecular flexibility index (Phi) is 4.31. The Morgan fingerprint density at radius 1 is 1.20 bits per heavy atom. The fourth-order valence-electron chi connectivity index (χ4n) is 4.08. The molecule has 6 heteroatoms. The fraction of sp³-hybridized carbons (Fsp3) is 0.474. The van der Waals surface area contributed by atoms with Gasteiger partial charge in [0.2, 0.25) is 5.91 Å². The number of likely N-dealkylation sites (N-methyl/N-ethyl adjacent to an activating group) is 1. The van der Waals surface area contributed by atoms with Crippen LogP contribution in [0.5, 0.6) is 0 Å². The highest BCUT2D eigenvalue weighted by Gasteiger charge is 2.52. The molecule has 0 aliphatic carbocycles. The molecule has 1 atom stereocenters. The number of rotatable bonds is 4. The molecular formula is C19H24N4O2. The monoisotopic (exact) mass is 340 g/mol. The average molecular weight is 340 g/mol. The molecule has 0 saturated carbocycles. The summed E-state index contributed by atoms with van der Waals surface area (Å²) >= 11 is 0. The average Bonchev–Trinajstić information content (AvgIpc) is 3.28. The lowest BCUT2D eigenvalue weighted by atomic mass is 9.91. The van der Waals surface area contributed by atoms with E-state index in [1.165, 1.54) is 0 Å². The van der Waals surface area contributed by atoms with E-state index in [2.05, 4.69) is 20.9 Å². The number of hydrogen-bond donors (Lipinski definition) is 0. The van der Waals surface area contributed by atoms with E-state index in [0.29, 0.717) is 0 Å². The van der Waals surface area contributed by atoms with E-state index in [4.69, 9.17) is 4.42 Å². The summed E-state index contributed by atoms with van der Waals surface area (Å²) < 4.78 is 5.48. The van der Waals surface area contributed by atoms with Crippen molar-refractivity contribution in [2.45, 2.75) is 25.0 Å². The van der Waals surface area contributed by atoms with Crippen LogP contribution in [0, 0.1) is 0 Å². The van der Waals surface area contributed by atoms with E-state index in [9.17, 15) is 4.79 Å². The normalized spacial score (nSPS) is 25.2. The number of carbonyl (C=O) groups is 1. The van der Waals surface area contributed by atoms with Crippen molar-refractivity contribution in [3.63, 3.8) is 0 Å². The van der Waals surface area contributed by atoms with Crippen LogP contribution in [0.4, 0.5) is 0 Å². The van der Waals surface area contributed by atoms with Crippen molar-refractivity contribution in [1.82, 2.24) is 19.7 Å². The molecule has 2 aromatic heterocycles. The standard InChI is InChI=1S/C19H24N4O2/c1-21-9-10-23(13-16-4-2-7-20-12-16)19(18(21)24)6-8-22(15-19)14-17-5-3-11-25-17/h2-5,7,11-12H,6,8-10,13-15H2,1H3/t19-/m0/s1. The summed E-state index contributed by atoms with van der Waals surface area (Å²) in [4.78, 5) is 23.9. The number of carbonyl (C=O) groups excluding carboxylic acids is 1. The zero-order valence-corrected chi connectivity index (χ0v) is 14.6. The maximum atomic E-state index is 13.1. The van der Waals surface area contributed by atoms with Crippen LogP contribution < -0.4 is 0 Å². The number of hydrogen-bond acceptors (Lipinski definition) is 5. The van der Waals surface area contributed by atoms with Crippen LogP contribution in [-0.2, 0) is 17.9 Å². The summed E-state index contributed by atoms with van der Waals surface area (Å²) in [5, 5.41) is 0. The lowest BCUT2D eigenvalue weighted by Gasteiger charge is -2.46. The minimum Gasteiger partial charge on any atom is -0.468 e. The van der Waals surface area contributed by atoms with Crippen LogP contribution in [0.2, 0.25) is 0 Å². The highest BCUT2D eigenvalue weighted by Crippen LogP contribution is 2.34. The number of pyridine rings is 1. The molecule has 1 spiro atoms. The highest BCUT2D eigenvalue weighted by atomic mass is 16.3. The Morgan fingerprint density at radius 2 is 2.12 bits per heavy atom. The lowest BCUT2D eigenvalue weighted by molar-refractivity contribution is -0.149. The van der Waals surface area contributed by atoms with Gasteiger partial charge >= 0.3 is 0 Å². The Labute approximate surface area is 148 Å². The smallest absolute Gasteiger partial charge is 0.244 e. The molecule has 25 heavy (non-hydrogen) atoms. The molecular weight excluding hydrogens is 316 g/mol. The molecule has 0 aromatic carbocycles. The van der Waals surface area contributed by atoms with Gasteiger partial charge in [0.1, 0.15) is 11.3 Å². The van der Waals surface area contributed by atoms with Gasteiger partial charge in [-0.25, -0.2) is 0 Å². The number of aromatic nitrogens is 1. The third-order valence-corrected chi connectivity index (χ3v) is 5.44. The Hall–Kier alpha value is -2.18. The van der Waals surface area contributed by atoms with E-state index in [-0.39, 0.29) is 5.91 Å². The summed E-state index contributed by atoms with van der Waals surface area (Å²) in [7, 11) is 1.92. The van der Waals surface area contributed by atoms with Gasteiger partial charge in [0, 0.05) is 52.2 Å². The van der Waals surface area contributed by atoms with E-state index in [0.717, 1.165) is 57.0 Å². The number of amides is 1. The van der Waals surface area contributed by atoms with Crippen molar-refractivity contribution >= 4 is 5.91 Å². The first kappa shape index (κ1) is 16.3. The Bertz CT molecular complexity index is 718. The van der Waals surface area contributed by atoms with Crippen LogP contribution >= 0.6 is 0 Å². The van der Waals surface area contributed by atoms with Gasteiger partial charge in [0.25, 0.3) is 0 Å². The molecule has 0 unspecified atom stereocenters. The first-order chi connectivity index (χ1) is 12.2. The molecule has 0 bridgehead atoms. The van der Waals surface area contributed by atoms with Gasteiger partial charge in [0.05, 0.1) is 12.8 Å². The molecule has 2 aliphatic rings. The van der Waals surface area contributed by atoms with E-state index < -0.39 is 5.54 Å². The SMILES string of the molecule is CN1CCN(Cc2cccnc2)[C@]2(CCN(Cc3ccco3)C2)C1=O. The Balaban J connectivity index is 1.55. The summed E-state index contributed by atoms with van der Waals surface area (Å²) in [6.45, 7) is 4.85. The minimum atomic E-state index is -0.435. The van der Waals surface area contributed by atoms with Gasteiger partial charge < -0.3 is 9.32 Å². The van der Waals surface area contributed by atoms with Crippen molar-refractivity contribution < 1.29 is 9.21 Å². The first-order valence-electron chi connectivity index (χ1n) is 8.82. The van der Waals surface area contributed by atoms with E-state index in [1.54, 1.807) is 12.5 Å². The van der Waals surface area contributed by atoms with Crippen LogP contribution in [0.25, 0.3) is 0 Å². The maximum absolute atomic E-state index is 13.1. The molecule has 0 N–H and O–H groups in total. The summed E-state index contributed by atoms with van der Waals surface area (Å²) in [5.41, 5.74) is 0.721. The van der Waals surface area contributed by atoms with Gasteiger partial charge in [0.15, 0.2) is 0 Å². The van der Waals surface area contributed by atoms with Gasteiger partial charge in [-0.3, -0.25) is 19.6 Å². The van der Waals surface area contributed by atoms with Crippen molar-refractivity contribution in [3.05, 3.63) is 54.2 Å². The molecule has 4 heterocycles. The van der Waals surface area contributed by atoms with Crippen molar-refractivity contribution in [2.24, 2.45) is 0 Å². The third kappa shape index (κ3) is 3.07. The van der Waals surface area contributed by atoms with Crippen LogP contribution in [0.15, 0.2) is 47.3 Å². The summed E-state index contributed by atoms with van der Waals surface area (Å²) in [5.74, 6) is 1.19. The number of piperazine rings is 1. The second-order valence-electron chi connectivity index (χ2n) is 7.08. The predicted octanol–water partition coefficient (Wildman–Crippen LogP) is 1.59. The van der Waals surface area contributed by atoms with Crippen LogP contribution in [0.3, 0.4) is 0 Å². The van der Waals surface area contributed by atoms with Crippen molar-refractivity contribution in [3.8, 4) is 0 Å². The number of likely N-dealkylation sites (tertiary alicyclic amines) is 1. The minimum absolute atomic E-state index is 0.240. The molecule has 0 radical (unpaired) electrons. The summed E-state index contributed by atoms with van der Waals surface area (Å²) in [6, 6.07) is 7.94. The highest BCUT2D eigenvalue weighted by molar-refractivity contribution is 5.87. The molecule has 2 aliphatic heterocycles. The lowest BCUT2D eigenvalue weighted by Crippen LogP contribution is -2.65. The quantitative estimate of drug-likeness (QED) is 0.846. The Morgan fingerprint density at radius 3 is 2.88 bits per heavy atom. The fourth-order valence-corrected chi connectivity index (χ4v) is 4.08. The largest absolute Gasteiger partial charge is 0.468 e. The zero-order valence-electron chi connectivity index (χ0n) is 14.6. The number of nitrogens with zero attached hydrogens (tertiary/aromatic N) is 4. The predicted molar refractivity (Wildman–Crippen MR) is 93.6 cm³/mol. The van der Waals surface area contributed by atoms with E-state index >= 15 is 0 Å². The second kappa shape index (κ2) is 6.61. The molecule has 2 aromatic rings. The van der Waals surface area contributed by atoms with Crippen molar-refractivity contribution in [1.29, 1.82) is 0 Å². The van der Waals surface area contributed by atoms with E-state index in [1.807, 2.05) is 36.3 Å². The van der Waals surface area contributed by atoms with Gasteiger partial charge in [-0.15, -0.1) is 0 Å². The topological polar surface area (TPSA) is 52.8 Å². The van der Waals surface area contributed by atoms with Gasteiger partial charge in [-0.05, 0) is 30.2 Å². The van der Waals surface area contributed by atoms with Gasteiger partial charge in [-0.1, -0.05) is 6.07 Å². The molecule has 2 fully saturated rings. The van der Waals surface area contributed by atoms with Gasteiger partial charge in [-0.2, -0.15) is 0 Å². The maximum Gasteiger partial charge on any atom is 0.244 e. The van der Waals surface area contributed by atoms with Crippen LogP contribution in [0.1, 0.15) is 17.7 Å². The molecule has 6 nitrogen and oxygen atoms in total. The first-order valence-corrected chi connectivity index (χ1v) is 8.82. The zero-order chi connectivity index (χ0) is 17.3. The number of furan rings is 1. The van der Waals surface area contributed by atoms with Crippen LogP contribution in [-0.4, -0.2) is 64.4 Å². The molecule has 1 amide bonds. The second-order valence-corrected chi connectivity index (χ2v) is 7.08. The van der Waals surface area contributed by atoms with Crippen molar-refractivity contribution in [2.75, 3.05) is 33.2 Å². The molecule has 132 valence electrons. The third-order valence-electron chi connectivity index (χ3n) is 5.44. The summed E-state index contributed by atoms with van der Waals surface area (Å²) in [6.07, 6.45) is 6.24.